The third-order valence-corrected chi connectivity index (χ3v) is 1.62. The SMILES string of the molecule is C[SH](C)NCC(C)(C)O. The first kappa shape index (κ1) is 9.27. The molecule has 0 spiro atoms. The van der Waals surface area contributed by atoms with E-state index in [9.17, 15) is 5.11 Å². The molecular formula is C6H17NOS. The summed E-state index contributed by atoms with van der Waals surface area (Å²) in [5.74, 6) is 0. The van der Waals surface area contributed by atoms with Gasteiger partial charge in [0.15, 0.2) is 0 Å². The molecule has 0 aliphatic rings. The van der Waals surface area contributed by atoms with Gasteiger partial charge in [0.05, 0.1) is 5.60 Å². The maximum Gasteiger partial charge on any atom is 0.0724 e. The third-order valence-electron chi connectivity index (χ3n) is 0.828. The Morgan fingerprint density at radius 1 is 1.44 bits per heavy atom. The summed E-state index contributed by atoms with van der Waals surface area (Å²) in [7, 11) is 0. The van der Waals surface area contributed by atoms with Crippen molar-refractivity contribution in [1.29, 1.82) is 0 Å². The average Bonchev–Trinajstić information content (AvgIpc) is 1.59. The molecule has 0 amide bonds. The second-order valence-corrected chi connectivity index (χ2v) is 5.15. The fraction of sp³-hybridized carbons (Fsp3) is 1.00. The molecule has 2 N–H and O–H groups in total. The molecule has 0 saturated heterocycles. The van der Waals surface area contributed by atoms with Crippen LogP contribution >= 0.6 is 11.1 Å². The van der Waals surface area contributed by atoms with Gasteiger partial charge in [-0.3, -0.25) is 4.72 Å². The predicted molar refractivity (Wildman–Crippen MR) is 45.1 cm³/mol. The van der Waals surface area contributed by atoms with E-state index in [1.165, 1.54) is 0 Å². The summed E-state index contributed by atoms with van der Waals surface area (Å²) < 4.78 is 3.20. The summed E-state index contributed by atoms with van der Waals surface area (Å²) in [6.45, 7) is 4.30. The van der Waals surface area contributed by atoms with Crippen molar-refractivity contribution in [3.8, 4) is 0 Å². The predicted octanol–water partition coefficient (Wildman–Crippen LogP) is 0.523. The molecule has 0 aromatic carbocycles. The molecule has 0 rings (SSSR count). The van der Waals surface area contributed by atoms with Gasteiger partial charge < -0.3 is 5.11 Å². The minimum atomic E-state index is -0.563. The van der Waals surface area contributed by atoms with E-state index in [1.54, 1.807) is 13.8 Å². The van der Waals surface area contributed by atoms with Crippen LogP contribution in [0.15, 0.2) is 0 Å². The van der Waals surface area contributed by atoms with Crippen molar-refractivity contribution >= 4 is 11.1 Å². The Kier molecular flexibility index (Phi) is 3.54. The van der Waals surface area contributed by atoms with E-state index in [2.05, 4.69) is 17.2 Å². The maximum atomic E-state index is 9.21. The van der Waals surface area contributed by atoms with E-state index in [0.29, 0.717) is 6.54 Å². The van der Waals surface area contributed by atoms with Crippen molar-refractivity contribution in [2.24, 2.45) is 0 Å². The first-order chi connectivity index (χ1) is 3.92. The summed E-state index contributed by atoms with van der Waals surface area (Å²) in [6.07, 6.45) is 4.25. The fourth-order valence-corrected chi connectivity index (χ4v) is 1.05. The summed E-state index contributed by atoms with van der Waals surface area (Å²) in [5.41, 5.74) is -0.563. The molecule has 0 fully saturated rings. The average molecular weight is 151 g/mol. The van der Waals surface area contributed by atoms with Crippen LogP contribution in [-0.2, 0) is 0 Å². The number of nitrogens with one attached hydrogen (secondary N) is 1. The van der Waals surface area contributed by atoms with Gasteiger partial charge in [0, 0.05) is 6.54 Å². The summed E-state index contributed by atoms with van der Waals surface area (Å²) in [4.78, 5) is 0. The highest BCUT2D eigenvalue weighted by Crippen LogP contribution is 2.08. The Morgan fingerprint density at radius 3 is 2.00 bits per heavy atom. The van der Waals surface area contributed by atoms with Gasteiger partial charge in [0.1, 0.15) is 0 Å². The monoisotopic (exact) mass is 151 g/mol. The Bertz CT molecular complexity index is 77.6. The number of aliphatic hydroxyl groups is 1. The molecule has 0 aliphatic heterocycles. The van der Waals surface area contributed by atoms with Crippen LogP contribution in [0.1, 0.15) is 13.8 Å². The van der Waals surface area contributed by atoms with Gasteiger partial charge in [0.25, 0.3) is 0 Å². The molecular weight excluding hydrogens is 134 g/mol. The van der Waals surface area contributed by atoms with Crippen LogP contribution in [0.2, 0.25) is 0 Å². The van der Waals surface area contributed by atoms with Crippen molar-refractivity contribution in [2.45, 2.75) is 19.4 Å². The summed E-state index contributed by atoms with van der Waals surface area (Å²) in [5, 5.41) is 9.21. The zero-order chi connectivity index (χ0) is 7.49. The van der Waals surface area contributed by atoms with Crippen molar-refractivity contribution in [3.05, 3.63) is 0 Å². The third kappa shape index (κ3) is 8.27. The molecule has 0 bridgehead atoms. The highest BCUT2D eigenvalue weighted by atomic mass is 32.2. The van der Waals surface area contributed by atoms with Crippen LogP contribution < -0.4 is 4.72 Å². The van der Waals surface area contributed by atoms with Crippen LogP contribution in [0, 0.1) is 0 Å². The number of thiol groups is 1. The van der Waals surface area contributed by atoms with Crippen molar-refractivity contribution < 1.29 is 5.11 Å². The lowest BCUT2D eigenvalue weighted by atomic mass is 10.1. The molecule has 3 heteroatoms. The number of hydrogen-bond acceptors (Lipinski definition) is 2. The number of hydrogen-bond donors (Lipinski definition) is 3. The quantitative estimate of drug-likeness (QED) is 0.514. The van der Waals surface area contributed by atoms with Gasteiger partial charge in [-0.05, 0) is 26.4 Å². The molecule has 2 nitrogen and oxygen atoms in total. The summed E-state index contributed by atoms with van der Waals surface area (Å²) >= 11 is -0.0748. The van der Waals surface area contributed by atoms with Crippen LogP contribution in [-0.4, -0.2) is 29.8 Å². The second-order valence-electron chi connectivity index (χ2n) is 3.04. The van der Waals surface area contributed by atoms with Gasteiger partial charge in [-0.25, -0.2) is 11.1 Å². The van der Waals surface area contributed by atoms with E-state index in [0.717, 1.165) is 0 Å². The molecule has 0 aliphatic carbocycles. The summed E-state index contributed by atoms with van der Waals surface area (Å²) in [6, 6.07) is 0. The molecule has 0 saturated carbocycles. The molecule has 0 aromatic heterocycles. The molecule has 0 radical (unpaired) electrons. The number of rotatable bonds is 3. The molecule has 0 atom stereocenters. The standard InChI is InChI=1S/C6H17NOS/c1-6(2,8)5-7-9(3)4/h7-9H,5H2,1-4H3. The van der Waals surface area contributed by atoms with Crippen molar-refractivity contribution in [1.82, 2.24) is 4.72 Å². The highest BCUT2D eigenvalue weighted by Gasteiger charge is 2.10. The minimum Gasteiger partial charge on any atom is -0.389 e. The van der Waals surface area contributed by atoms with E-state index < -0.39 is 5.60 Å². The molecule has 58 valence electrons. The van der Waals surface area contributed by atoms with Crippen LogP contribution in [0.3, 0.4) is 0 Å². The van der Waals surface area contributed by atoms with Gasteiger partial charge in [-0.2, -0.15) is 0 Å². The largest absolute Gasteiger partial charge is 0.389 e. The Hall–Kier alpha value is 0.270. The van der Waals surface area contributed by atoms with E-state index in [1.807, 2.05) is 0 Å². The zero-order valence-electron chi connectivity index (χ0n) is 6.60. The zero-order valence-corrected chi connectivity index (χ0v) is 7.50. The van der Waals surface area contributed by atoms with Crippen LogP contribution in [0.5, 0.6) is 0 Å². The lowest BCUT2D eigenvalue weighted by Gasteiger charge is -2.20. The van der Waals surface area contributed by atoms with Crippen LogP contribution in [0.25, 0.3) is 0 Å². The fourth-order valence-electron chi connectivity index (χ4n) is 0.352. The maximum absolute atomic E-state index is 9.21. The van der Waals surface area contributed by atoms with Crippen molar-refractivity contribution in [2.75, 3.05) is 19.1 Å². The molecule has 0 heterocycles. The Morgan fingerprint density at radius 2 is 1.89 bits per heavy atom. The molecule has 0 aromatic rings. The van der Waals surface area contributed by atoms with Crippen LogP contribution in [0.4, 0.5) is 0 Å². The molecule has 0 unspecified atom stereocenters. The Balaban J connectivity index is 3.28. The van der Waals surface area contributed by atoms with E-state index >= 15 is 0 Å². The van der Waals surface area contributed by atoms with E-state index in [-0.39, 0.29) is 11.1 Å². The molecule has 9 heavy (non-hydrogen) atoms. The van der Waals surface area contributed by atoms with E-state index in [4.69, 9.17) is 0 Å². The Labute approximate surface area is 60.1 Å². The van der Waals surface area contributed by atoms with Crippen molar-refractivity contribution in [3.63, 3.8) is 0 Å². The first-order valence-corrected chi connectivity index (χ1v) is 5.28. The highest BCUT2D eigenvalue weighted by molar-refractivity contribution is 8.14. The topological polar surface area (TPSA) is 32.3 Å². The minimum absolute atomic E-state index is 0.0748. The van der Waals surface area contributed by atoms with Gasteiger partial charge in [-0.1, -0.05) is 0 Å². The first-order valence-electron chi connectivity index (χ1n) is 3.05. The lowest BCUT2D eigenvalue weighted by Crippen LogP contribution is -2.32. The lowest BCUT2D eigenvalue weighted by molar-refractivity contribution is 0.0864. The van der Waals surface area contributed by atoms with Gasteiger partial charge >= 0.3 is 0 Å². The van der Waals surface area contributed by atoms with Gasteiger partial charge in [0.2, 0.25) is 0 Å². The smallest absolute Gasteiger partial charge is 0.0724 e. The second kappa shape index (κ2) is 3.44. The van der Waals surface area contributed by atoms with Gasteiger partial charge in [-0.15, -0.1) is 0 Å². The normalized spacial score (nSPS) is 13.7.